The summed E-state index contributed by atoms with van der Waals surface area (Å²) in [6.45, 7) is 3.86. The molecule has 78 valence electrons. The van der Waals surface area contributed by atoms with Crippen LogP contribution >= 0.6 is 0 Å². The molecular formula is C10H12N4O. The first-order chi connectivity index (χ1) is 7.22. The van der Waals surface area contributed by atoms with Crippen molar-refractivity contribution in [3.63, 3.8) is 0 Å². The minimum absolute atomic E-state index is 0.0395. The van der Waals surface area contributed by atoms with Gasteiger partial charge >= 0.3 is 0 Å². The van der Waals surface area contributed by atoms with E-state index in [1.807, 2.05) is 18.4 Å². The second-order valence-corrected chi connectivity index (χ2v) is 3.33. The van der Waals surface area contributed by atoms with E-state index in [0.29, 0.717) is 11.5 Å². The summed E-state index contributed by atoms with van der Waals surface area (Å²) in [5.41, 5.74) is 2.69. The quantitative estimate of drug-likeness (QED) is 0.784. The highest BCUT2D eigenvalue weighted by atomic mass is 16.3. The van der Waals surface area contributed by atoms with Crippen LogP contribution in [-0.4, -0.2) is 24.6 Å². The van der Waals surface area contributed by atoms with Crippen LogP contribution in [0.3, 0.4) is 0 Å². The molecule has 0 atom stereocenters. The van der Waals surface area contributed by atoms with E-state index in [-0.39, 0.29) is 6.61 Å². The van der Waals surface area contributed by atoms with Gasteiger partial charge in [0, 0.05) is 23.7 Å². The van der Waals surface area contributed by atoms with Crippen LogP contribution in [0.15, 0.2) is 18.7 Å². The van der Waals surface area contributed by atoms with Gasteiger partial charge in [-0.25, -0.2) is 15.0 Å². The molecule has 15 heavy (non-hydrogen) atoms. The molecular weight excluding hydrogens is 192 g/mol. The van der Waals surface area contributed by atoms with Crippen molar-refractivity contribution >= 4 is 0 Å². The third-order valence-electron chi connectivity index (χ3n) is 2.34. The van der Waals surface area contributed by atoms with Gasteiger partial charge in [0.15, 0.2) is 0 Å². The van der Waals surface area contributed by atoms with Crippen molar-refractivity contribution in [3.05, 3.63) is 35.7 Å². The minimum atomic E-state index is -0.0395. The SMILES string of the molecule is Cc1ncn(-c2ncc(CO)cn2)c1C. The summed E-state index contributed by atoms with van der Waals surface area (Å²) >= 11 is 0. The first-order valence-electron chi connectivity index (χ1n) is 4.65. The van der Waals surface area contributed by atoms with Crippen molar-refractivity contribution in [1.82, 2.24) is 19.5 Å². The molecule has 5 nitrogen and oxygen atoms in total. The van der Waals surface area contributed by atoms with Gasteiger partial charge in [0.1, 0.15) is 6.33 Å². The van der Waals surface area contributed by atoms with Crippen molar-refractivity contribution in [1.29, 1.82) is 0 Å². The standard InChI is InChI=1S/C10H12N4O/c1-7-8(2)14(6-13-7)10-11-3-9(5-15)4-12-10/h3-4,6,15H,5H2,1-2H3. The van der Waals surface area contributed by atoms with E-state index in [2.05, 4.69) is 15.0 Å². The number of hydrogen-bond acceptors (Lipinski definition) is 4. The Hall–Kier alpha value is -1.75. The lowest BCUT2D eigenvalue weighted by molar-refractivity contribution is 0.281. The molecule has 0 radical (unpaired) electrons. The average Bonchev–Trinajstić information content (AvgIpc) is 2.60. The lowest BCUT2D eigenvalue weighted by Crippen LogP contribution is -2.02. The molecule has 1 N–H and O–H groups in total. The number of hydrogen-bond donors (Lipinski definition) is 1. The van der Waals surface area contributed by atoms with Gasteiger partial charge in [-0.3, -0.25) is 4.57 Å². The zero-order valence-electron chi connectivity index (χ0n) is 8.68. The van der Waals surface area contributed by atoms with E-state index >= 15 is 0 Å². The van der Waals surface area contributed by atoms with Crippen LogP contribution in [0.2, 0.25) is 0 Å². The Bertz CT molecular complexity index is 461. The van der Waals surface area contributed by atoms with Gasteiger partial charge < -0.3 is 5.11 Å². The summed E-state index contributed by atoms with van der Waals surface area (Å²) in [6, 6.07) is 0. The number of rotatable bonds is 2. The molecule has 2 heterocycles. The van der Waals surface area contributed by atoms with E-state index in [9.17, 15) is 0 Å². The molecule has 0 saturated heterocycles. The summed E-state index contributed by atoms with van der Waals surface area (Å²) in [4.78, 5) is 12.5. The maximum atomic E-state index is 8.86. The van der Waals surface area contributed by atoms with Crippen LogP contribution in [-0.2, 0) is 6.61 Å². The average molecular weight is 204 g/mol. The Morgan fingerprint density at radius 2 is 1.87 bits per heavy atom. The molecule has 0 unspecified atom stereocenters. The highest BCUT2D eigenvalue weighted by Crippen LogP contribution is 2.09. The second kappa shape index (κ2) is 3.78. The fourth-order valence-corrected chi connectivity index (χ4v) is 1.25. The van der Waals surface area contributed by atoms with Crippen molar-refractivity contribution in [3.8, 4) is 5.95 Å². The maximum absolute atomic E-state index is 8.86. The molecule has 5 heteroatoms. The number of aliphatic hydroxyl groups excluding tert-OH is 1. The largest absolute Gasteiger partial charge is 0.392 e. The van der Waals surface area contributed by atoms with Crippen molar-refractivity contribution in [2.24, 2.45) is 0 Å². The molecule has 2 aromatic heterocycles. The molecule has 0 saturated carbocycles. The number of aliphatic hydroxyl groups is 1. The zero-order chi connectivity index (χ0) is 10.8. The molecule has 0 bridgehead atoms. The first kappa shape index (κ1) is 9.79. The molecule has 0 amide bonds. The van der Waals surface area contributed by atoms with Crippen LogP contribution in [0.1, 0.15) is 17.0 Å². The zero-order valence-corrected chi connectivity index (χ0v) is 8.68. The summed E-state index contributed by atoms with van der Waals surface area (Å²) in [5, 5.41) is 8.86. The normalized spacial score (nSPS) is 10.6. The third-order valence-corrected chi connectivity index (χ3v) is 2.34. The van der Waals surface area contributed by atoms with Crippen LogP contribution in [0.5, 0.6) is 0 Å². The van der Waals surface area contributed by atoms with Crippen molar-refractivity contribution in [2.45, 2.75) is 20.5 Å². The number of nitrogens with zero attached hydrogens (tertiary/aromatic N) is 4. The number of imidazole rings is 1. The van der Waals surface area contributed by atoms with E-state index in [0.717, 1.165) is 11.4 Å². The molecule has 0 aromatic carbocycles. The Balaban J connectivity index is 2.41. The molecule has 0 fully saturated rings. The van der Waals surface area contributed by atoms with E-state index in [1.54, 1.807) is 18.7 Å². The molecule has 0 spiro atoms. The summed E-state index contributed by atoms with van der Waals surface area (Å²) in [5.74, 6) is 0.574. The van der Waals surface area contributed by atoms with Gasteiger partial charge in [-0.15, -0.1) is 0 Å². The predicted molar refractivity (Wildman–Crippen MR) is 54.6 cm³/mol. The van der Waals surface area contributed by atoms with Crippen LogP contribution in [0, 0.1) is 13.8 Å². The minimum Gasteiger partial charge on any atom is -0.392 e. The van der Waals surface area contributed by atoms with Crippen molar-refractivity contribution in [2.75, 3.05) is 0 Å². The topological polar surface area (TPSA) is 63.8 Å². The van der Waals surface area contributed by atoms with Gasteiger partial charge in [-0.1, -0.05) is 0 Å². The maximum Gasteiger partial charge on any atom is 0.235 e. The lowest BCUT2D eigenvalue weighted by Gasteiger charge is -2.03. The van der Waals surface area contributed by atoms with Gasteiger partial charge in [0.05, 0.1) is 12.3 Å². The molecule has 2 rings (SSSR count). The van der Waals surface area contributed by atoms with E-state index < -0.39 is 0 Å². The Labute approximate surface area is 87.5 Å². The van der Waals surface area contributed by atoms with Gasteiger partial charge in [0.25, 0.3) is 0 Å². The fraction of sp³-hybridized carbons (Fsp3) is 0.300. The molecule has 0 aliphatic carbocycles. The Morgan fingerprint density at radius 3 is 2.33 bits per heavy atom. The summed E-state index contributed by atoms with van der Waals surface area (Å²) in [6.07, 6.45) is 4.91. The number of aryl methyl sites for hydroxylation is 1. The summed E-state index contributed by atoms with van der Waals surface area (Å²) in [7, 11) is 0. The number of aromatic nitrogens is 4. The Kier molecular flexibility index (Phi) is 2.47. The van der Waals surface area contributed by atoms with Gasteiger partial charge in [-0.05, 0) is 13.8 Å². The van der Waals surface area contributed by atoms with Crippen LogP contribution < -0.4 is 0 Å². The fourth-order valence-electron chi connectivity index (χ4n) is 1.25. The lowest BCUT2D eigenvalue weighted by atomic mass is 10.4. The third kappa shape index (κ3) is 1.73. The van der Waals surface area contributed by atoms with E-state index in [4.69, 9.17) is 5.11 Å². The molecule has 0 aliphatic heterocycles. The summed E-state index contributed by atoms with van der Waals surface area (Å²) < 4.78 is 1.82. The highest BCUT2D eigenvalue weighted by Gasteiger charge is 2.06. The monoisotopic (exact) mass is 204 g/mol. The van der Waals surface area contributed by atoms with E-state index in [1.165, 1.54) is 0 Å². The van der Waals surface area contributed by atoms with Crippen molar-refractivity contribution < 1.29 is 5.11 Å². The first-order valence-corrected chi connectivity index (χ1v) is 4.65. The second-order valence-electron chi connectivity index (χ2n) is 3.33. The highest BCUT2D eigenvalue weighted by molar-refractivity contribution is 5.21. The molecule has 2 aromatic rings. The van der Waals surface area contributed by atoms with Crippen LogP contribution in [0.4, 0.5) is 0 Å². The predicted octanol–water partition coefficient (Wildman–Crippen LogP) is 0.771. The van der Waals surface area contributed by atoms with Gasteiger partial charge in [-0.2, -0.15) is 0 Å². The molecule has 0 aliphatic rings. The van der Waals surface area contributed by atoms with Gasteiger partial charge in [0.2, 0.25) is 5.95 Å². The Morgan fingerprint density at radius 1 is 1.20 bits per heavy atom. The smallest absolute Gasteiger partial charge is 0.235 e. The van der Waals surface area contributed by atoms with Crippen LogP contribution in [0.25, 0.3) is 5.95 Å².